The molecule has 2 rings (SSSR count). The Labute approximate surface area is 190 Å². The van der Waals surface area contributed by atoms with Crippen LogP contribution in [-0.2, 0) is 4.79 Å². The predicted molar refractivity (Wildman–Crippen MR) is 131 cm³/mol. The number of hydrogen-bond donors (Lipinski definition) is 2. The maximum atomic E-state index is 12.1. The van der Waals surface area contributed by atoms with Gasteiger partial charge in [-0.15, -0.1) is 0 Å². The Balaban J connectivity index is 1.60. The highest BCUT2D eigenvalue weighted by molar-refractivity contribution is 14.1. The van der Waals surface area contributed by atoms with E-state index in [0.717, 1.165) is 39.9 Å². The smallest absolute Gasteiger partial charge is 0.225 e. The second kappa shape index (κ2) is 13.1. The van der Waals surface area contributed by atoms with E-state index >= 15 is 0 Å². The van der Waals surface area contributed by atoms with Crippen LogP contribution in [-0.4, -0.2) is 41.5 Å². The second-order valence-corrected chi connectivity index (χ2v) is 8.06. The molecule has 2 aromatic rings. The largest absolute Gasteiger partial charge is 0.326 e. The molecule has 0 aliphatic heterocycles. The first-order valence-electron chi connectivity index (χ1n) is 9.35. The van der Waals surface area contributed by atoms with Crippen molar-refractivity contribution >= 4 is 56.2 Å². The van der Waals surface area contributed by atoms with E-state index < -0.39 is 0 Å². The van der Waals surface area contributed by atoms with Gasteiger partial charge in [-0.3, -0.25) is 9.69 Å². The number of hydrogen-bond acceptors (Lipinski definition) is 3. The number of alkyl halides is 1. The van der Waals surface area contributed by atoms with Crippen molar-refractivity contribution in [2.45, 2.75) is 13.3 Å². The minimum Gasteiger partial charge on any atom is -0.326 e. The molecule has 4 nitrogen and oxygen atoms in total. The van der Waals surface area contributed by atoms with Crippen molar-refractivity contribution < 1.29 is 4.79 Å². The third kappa shape index (κ3) is 8.86. The molecule has 0 spiro atoms. The fraction of sp³-hybridized carbons (Fsp3) is 0.318. The topological polar surface area (TPSA) is 44.4 Å². The van der Waals surface area contributed by atoms with Gasteiger partial charge in [-0.1, -0.05) is 81.0 Å². The van der Waals surface area contributed by atoms with Crippen molar-refractivity contribution in [3.8, 4) is 0 Å². The highest BCUT2D eigenvalue weighted by atomic mass is 127. The van der Waals surface area contributed by atoms with Gasteiger partial charge in [0.2, 0.25) is 5.91 Å². The average molecular weight is 556 g/mol. The molecular formula is C22H27BrIN3O. The van der Waals surface area contributed by atoms with Gasteiger partial charge in [0.25, 0.3) is 0 Å². The van der Waals surface area contributed by atoms with Gasteiger partial charge >= 0.3 is 0 Å². The van der Waals surface area contributed by atoms with E-state index in [0.29, 0.717) is 13.0 Å². The molecule has 2 aromatic carbocycles. The molecule has 28 heavy (non-hydrogen) atoms. The maximum absolute atomic E-state index is 12.1. The third-order valence-electron chi connectivity index (χ3n) is 4.22. The van der Waals surface area contributed by atoms with Crippen molar-refractivity contribution in [3.63, 3.8) is 0 Å². The first-order valence-corrected chi connectivity index (χ1v) is 11.7. The van der Waals surface area contributed by atoms with Gasteiger partial charge in [0, 0.05) is 42.8 Å². The van der Waals surface area contributed by atoms with E-state index in [1.54, 1.807) is 0 Å². The normalized spacial score (nSPS) is 11.3. The molecule has 0 aliphatic rings. The highest BCUT2D eigenvalue weighted by Gasteiger charge is 2.04. The summed E-state index contributed by atoms with van der Waals surface area (Å²) in [6.07, 6.45) is 4.82. The minimum absolute atomic E-state index is 0.0331. The summed E-state index contributed by atoms with van der Waals surface area (Å²) in [5, 5.41) is 6.30. The van der Waals surface area contributed by atoms with E-state index in [1.807, 2.05) is 43.3 Å². The lowest BCUT2D eigenvalue weighted by Crippen LogP contribution is -2.32. The van der Waals surface area contributed by atoms with Gasteiger partial charge in [0.1, 0.15) is 0 Å². The number of aryl methyl sites for hydroxylation is 1. The predicted octanol–water partition coefficient (Wildman–Crippen LogP) is 5.08. The number of anilines is 1. The number of carbonyl (C=O) groups is 1. The van der Waals surface area contributed by atoms with Crippen molar-refractivity contribution in [1.29, 1.82) is 0 Å². The Kier molecular flexibility index (Phi) is 10.8. The van der Waals surface area contributed by atoms with Gasteiger partial charge in [0.15, 0.2) is 0 Å². The van der Waals surface area contributed by atoms with Crippen LogP contribution in [0.2, 0.25) is 0 Å². The number of benzene rings is 2. The fourth-order valence-electron chi connectivity index (χ4n) is 2.61. The van der Waals surface area contributed by atoms with E-state index in [2.05, 4.69) is 78.3 Å². The molecule has 150 valence electrons. The van der Waals surface area contributed by atoms with Crippen molar-refractivity contribution in [3.05, 3.63) is 70.2 Å². The number of rotatable bonds is 11. The van der Waals surface area contributed by atoms with Crippen LogP contribution in [0.4, 0.5) is 5.69 Å². The molecule has 0 aliphatic carbocycles. The zero-order valence-corrected chi connectivity index (χ0v) is 19.9. The average Bonchev–Trinajstić information content (AvgIpc) is 2.70. The molecule has 6 heteroatoms. The Morgan fingerprint density at radius 3 is 2.68 bits per heavy atom. The quantitative estimate of drug-likeness (QED) is 0.176. The van der Waals surface area contributed by atoms with Crippen molar-refractivity contribution in [1.82, 2.24) is 10.2 Å². The molecule has 1 amide bonds. The van der Waals surface area contributed by atoms with E-state index in [9.17, 15) is 4.79 Å². The Bertz CT molecular complexity index is 768. The highest BCUT2D eigenvalue weighted by Crippen LogP contribution is 2.20. The summed E-state index contributed by atoms with van der Waals surface area (Å²) in [6, 6.07) is 16.2. The molecular weight excluding hydrogens is 529 g/mol. The SMILES string of the molecule is Cc1cc(NC(=O)CCNCCN(CI)C/C=C/c2ccccc2)ccc1Br. The summed E-state index contributed by atoms with van der Waals surface area (Å²) < 4.78 is 2.02. The molecule has 0 saturated heterocycles. The third-order valence-corrected chi connectivity index (χ3v) is 6.07. The maximum Gasteiger partial charge on any atom is 0.225 e. The van der Waals surface area contributed by atoms with Crippen LogP contribution in [0.3, 0.4) is 0 Å². The van der Waals surface area contributed by atoms with E-state index in [-0.39, 0.29) is 5.91 Å². The molecule has 0 heterocycles. The van der Waals surface area contributed by atoms with E-state index in [4.69, 9.17) is 0 Å². The molecule has 0 bridgehead atoms. The molecule has 2 N–H and O–H groups in total. The van der Waals surface area contributed by atoms with Crippen LogP contribution in [0.1, 0.15) is 17.5 Å². The van der Waals surface area contributed by atoms with Crippen LogP contribution < -0.4 is 10.6 Å². The number of halogens is 2. The van der Waals surface area contributed by atoms with Crippen LogP contribution in [0.5, 0.6) is 0 Å². The van der Waals surface area contributed by atoms with Crippen molar-refractivity contribution in [2.24, 2.45) is 0 Å². The minimum atomic E-state index is 0.0331. The Morgan fingerprint density at radius 2 is 1.96 bits per heavy atom. The van der Waals surface area contributed by atoms with Crippen LogP contribution in [0, 0.1) is 6.92 Å². The zero-order chi connectivity index (χ0) is 20.2. The molecule has 0 radical (unpaired) electrons. The zero-order valence-electron chi connectivity index (χ0n) is 16.1. The fourth-order valence-corrected chi connectivity index (χ4v) is 3.48. The molecule has 0 aromatic heterocycles. The summed E-state index contributed by atoms with van der Waals surface area (Å²) >= 11 is 5.86. The lowest BCUT2D eigenvalue weighted by atomic mass is 10.2. The molecule has 0 fully saturated rings. The summed E-state index contributed by atoms with van der Waals surface area (Å²) in [4.78, 5) is 14.4. The summed E-state index contributed by atoms with van der Waals surface area (Å²) in [5.74, 6) is 0.0331. The summed E-state index contributed by atoms with van der Waals surface area (Å²) in [7, 11) is 0. The first-order chi connectivity index (χ1) is 13.6. The number of amides is 1. The Morgan fingerprint density at radius 1 is 1.18 bits per heavy atom. The first kappa shape index (κ1) is 23.1. The molecule has 0 saturated carbocycles. The monoisotopic (exact) mass is 555 g/mol. The van der Waals surface area contributed by atoms with E-state index in [1.165, 1.54) is 5.56 Å². The number of carbonyl (C=O) groups excluding carboxylic acids is 1. The van der Waals surface area contributed by atoms with Gasteiger partial charge < -0.3 is 10.6 Å². The molecule has 0 atom stereocenters. The summed E-state index contributed by atoms with van der Waals surface area (Å²) in [5.41, 5.74) is 3.17. The second-order valence-electron chi connectivity index (χ2n) is 6.52. The van der Waals surface area contributed by atoms with Crippen LogP contribution >= 0.6 is 38.5 Å². The lowest BCUT2D eigenvalue weighted by molar-refractivity contribution is -0.116. The van der Waals surface area contributed by atoms with Crippen molar-refractivity contribution in [2.75, 3.05) is 36.0 Å². The lowest BCUT2D eigenvalue weighted by Gasteiger charge is -2.17. The van der Waals surface area contributed by atoms with Gasteiger partial charge in [-0.05, 0) is 36.2 Å². The van der Waals surface area contributed by atoms with Gasteiger partial charge in [0.05, 0.1) is 4.55 Å². The van der Waals surface area contributed by atoms with Crippen LogP contribution in [0.15, 0.2) is 59.1 Å². The molecule has 0 unspecified atom stereocenters. The Hall–Kier alpha value is -1.22. The number of nitrogens with one attached hydrogen (secondary N) is 2. The van der Waals surface area contributed by atoms with Crippen LogP contribution in [0.25, 0.3) is 6.08 Å². The standard InChI is InChI=1S/C22H27BrIN3O/c1-18-16-20(9-10-21(18)23)26-22(28)11-12-25-13-15-27(17-24)14-5-8-19-6-3-2-4-7-19/h2-10,16,25H,11-15,17H2,1H3,(H,26,28)/b8-5+. The van der Waals surface area contributed by atoms with Gasteiger partial charge in [-0.25, -0.2) is 0 Å². The summed E-state index contributed by atoms with van der Waals surface area (Å²) in [6.45, 7) is 5.43. The van der Waals surface area contributed by atoms with Gasteiger partial charge in [-0.2, -0.15) is 0 Å². The number of nitrogens with zero attached hydrogens (tertiary/aromatic N) is 1.